The summed E-state index contributed by atoms with van der Waals surface area (Å²) >= 11 is 0. The van der Waals surface area contributed by atoms with Crippen molar-refractivity contribution in [2.45, 2.75) is 57.0 Å². The molecule has 0 aromatic heterocycles. The van der Waals surface area contributed by atoms with Crippen LogP contribution in [0.3, 0.4) is 0 Å². The monoisotopic (exact) mass is 418 g/mol. The molecule has 2 aromatic carbocycles. The van der Waals surface area contributed by atoms with Crippen LogP contribution in [-0.4, -0.2) is 35.9 Å². The molecule has 3 aliphatic rings. The van der Waals surface area contributed by atoms with E-state index in [1.54, 1.807) is 6.07 Å². The van der Waals surface area contributed by atoms with Gasteiger partial charge in [0.2, 0.25) is 0 Å². The van der Waals surface area contributed by atoms with Crippen LogP contribution in [0.15, 0.2) is 66.3 Å². The standard InChI is InChI=1S/C26H26O5/c1-15-7-6-12-26(3)23(31-26)22-20(16(2)24(27)30-22)14-21(15)29-25(28)19-11-10-17-8-4-5-9-18(17)13-19/h4-5,7-11,13,20-23H,2,6,12,14H2,1,3H3/t20-,21?,22-,23+,26+/m0/s1. The molecule has 2 saturated heterocycles. The number of hydrogen-bond donors (Lipinski definition) is 0. The van der Waals surface area contributed by atoms with Crippen LogP contribution in [-0.2, 0) is 19.0 Å². The molecular formula is C26H26O5. The molecule has 2 heterocycles. The lowest BCUT2D eigenvalue weighted by Gasteiger charge is -2.25. The van der Waals surface area contributed by atoms with Crippen LogP contribution in [0.25, 0.3) is 10.8 Å². The van der Waals surface area contributed by atoms with Gasteiger partial charge in [-0.15, -0.1) is 0 Å². The lowest BCUT2D eigenvalue weighted by atomic mass is 9.83. The van der Waals surface area contributed by atoms with Crippen LogP contribution in [0.5, 0.6) is 0 Å². The second kappa shape index (κ2) is 7.34. The fourth-order valence-corrected chi connectivity index (χ4v) is 4.84. The number of ether oxygens (including phenoxy) is 3. The summed E-state index contributed by atoms with van der Waals surface area (Å²) in [6.45, 7) is 8.00. The van der Waals surface area contributed by atoms with Gasteiger partial charge in [-0.1, -0.05) is 43.0 Å². The first-order valence-electron chi connectivity index (χ1n) is 10.8. The molecule has 0 radical (unpaired) electrons. The maximum absolute atomic E-state index is 13.0. The molecule has 0 spiro atoms. The van der Waals surface area contributed by atoms with E-state index >= 15 is 0 Å². The molecule has 2 aromatic rings. The fourth-order valence-electron chi connectivity index (χ4n) is 4.84. The van der Waals surface area contributed by atoms with E-state index in [4.69, 9.17) is 14.2 Å². The highest BCUT2D eigenvalue weighted by Crippen LogP contribution is 2.50. The smallest absolute Gasteiger partial charge is 0.338 e. The minimum absolute atomic E-state index is 0.135. The van der Waals surface area contributed by atoms with Crippen molar-refractivity contribution >= 4 is 22.7 Å². The topological polar surface area (TPSA) is 65.1 Å². The number of benzene rings is 2. The average molecular weight is 418 g/mol. The SMILES string of the molecule is C=C1C(=O)O[C@@H]2[C@H]3O[C@]3(C)CCC=C(C)C(OC(=O)c3ccc4ccccc4c3)C[C@@H]12. The van der Waals surface area contributed by atoms with Crippen molar-refractivity contribution in [1.82, 2.24) is 0 Å². The molecule has 2 fully saturated rings. The number of epoxide rings is 1. The summed E-state index contributed by atoms with van der Waals surface area (Å²) in [5.74, 6) is -0.996. The Balaban J connectivity index is 1.42. The molecule has 1 aliphatic carbocycles. The Labute approximate surface area is 181 Å². The quantitative estimate of drug-likeness (QED) is 0.305. The van der Waals surface area contributed by atoms with Crippen LogP contribution in [0.4, 0.5) is 0 Å². The van der Waals surface area contributed by atoms with E-state index in [1.165, 1.54) is 0 Å². The van der Waals surface area contributed by atoms with Gasteiger partial charge in [0.25, 0.3) is 0 Å². The van der Waals surface area contributed by atoms with Crippen molar-refractivity contribution in [3.05, 3.63) is 71.8 Å². The number of esters is 2. The number of rotatable bonds is 2. The summed E-state index contributed by atoms with van der Waals surface area (Å²) in [6, 6.07) is 13.5. The van der Waals surface area contributed by atoms with Gasteiger partial charge < -0.3 is 14.2 Å². The van der Waals surface area contributed by atoms with Gasteiger partial charge in [-0.2, -0.15) is 0 Å². The molecule has 5 heteroatoms. The zero-order valence-electron chi connectivity index (χ0n) is 17.8. The number of carbonyl (C=O) groups excluding carboxylic acids is 2. The zero-order chi connectivity index (χ0) is 21.8. The van der Waals surface area contributed by atoms with Gasteiger partial charge in [0, 0.05) is 11.5 Å². The Hall–Kier alpha value is -2.92. The largest absolute Gasteiger partial charge is 0.455 e. The van der Waals surface area contributed by atoms with Crippen LogP contribution in [0.1, 0.15) is 43.5 Å². The lowest BCUT2D eigenvalue weighted by Crippen LogP contribution is -2.33. The van der Waals surface area contributed by atoms with Gasteiger partial charge in [0.1, 0.15) is 18.3 Å². The lowest BCUT2D eigenvalue weighted by molar-refractivity contribution is -0.140. The molecule has 2 aliphatic heterocycles. The van der Waals surface area contributed by atoms with Gasteiger partial charge in [-0.25, -0.2) is 9.59 Å². The summed E-state index contributed by atoms with van der Waals surface area (Å²) in [5, 5.41) is 2.06. The van der Waals surface area contributed by atoms with E-state index in [9.17, 15) is 9.59 Å². The molecule has 5 nitrogen and oxygen atoms in total. The fraction of sp³-hybridized carbons (Fsp3) is 0.385. The second-order valence-corrected chi connectivity index (χ2v) is 9.03. The predicted octanol–water partition coefficient (Wildman–Crippen LogP) is 4.75. The van der Waals surface area contributed by atoms with Crippen LogP contribution < -0.4 is 0 Å². The van der Waals surface area contributed by atoms with Crippen LogP contribution in [0, 0.1) is 5.92 Å². The van der Waals surface area contributed by atoms with Gasteiger partial charge >= 0.3 is 11.9 Å². The highest BCUT2D eigenvalue weighted by atomic mass is 16.6. The van der Waals surface area contributed by atoms with Crippen LogP contribution >= 0.6 is 0 Å². The Kier molecular flexibility index (Phi) is 4.74. The summed E-state index contributed by atoms with van der Waals surface area (Å²) < 4.78 is 17.6. The molecule has 0 bridgehead atoms. The summed E-state index contributed by atoms with van der Waals surface area (Å²) in [7, 11) is 0. The van der Waals surface area contributed by atoms with E-state index in [1.807, 2.05) is 43.3 Å². The summed E-state index contributed by atoms with van der Waals surface area (Å²) in [4.78, 5) is 25.3. The Morgan fingerprint density at radius 3 is 2.77 bits per heavy atom. The molecule has 0 amide bonds. The summed E-state index contributed by atoms with van der Waals surface area (Å²) in [5.41, 5.74) is 1.64. The maximum Gasteiger partial charge on any atom is 0.338 e. The van der Waals surface area contributed by atoms with Crippen molar-refractivity contribution in [1.29, 1.82) is 0 Å². The molecular weight excluding hydrogens is 392 g/mol. The van der Waals surface area contributed by atoms with E-state index < -0.39 is 6.10 Å². The molecule has 31 heavy (non-hydrogen) atoms. The minimum atomic E-state index is -0.458. The normalized spacial score (nSPS) is 32.5. The third-order valence-corrected chi connectivity index (χ3v) is 6.91. The molecule has 0 N–H and O–H groups in total. The average Bonchev–Trinajstić information content (AvgIpc) is 3.35. The number of fused-ring (bicyclic) bond motifs is 4. The van der Waals surface area contributed by atoms with Gasteiger partial charge in [-0.05, 0) is 61.6 Å². The highest BCUT2D eigenvalue weighted by Gasteiger charge is 2.61. The minimum Gasteiger partial charge on any atom is -0.455 e. The van der Waals surface area contributed by atoms with Gasteiger partial charge in [0.15, 0.2) is 0 Å². The number of carbonyl (C=O) groups is 2. The van der Waals surface area contributed by atoms with Crippen molar-refractivity contribution in [2.75, 3.05) is 0 Å². The first-order chi connectivity index (χ1) is 14.9. The third-order valence-electron chi connectivity index (χ3n) is 6.91. The highest BCUT2D eigenvalue weighted by molar-refractivity contribution is 5.95. The first kappa shape index (κ1) is 20.0. The van der Waals surface area contributed by atoms with Crippen molar-refractivity contribution in [3.63, 3.8) is 0 Å². The van der Waals surface area contributed by atoms with E-state index in [2.05, 4.69) is 19.6 Å². The number of allylic oxidation sites excluding steroid dienone is 1. The van der Waals surface area contributed by atoms with E-state index in [0.29, 0.717) is 17.6 Å². The zero-order valence-corrected chi connectivity index (χ0v) is 17.8. The molecule has 1 unspecified atom stereocenters. The van der Waals surface area contributed by atoms with E-state index in [0.717, 1.165) is 29.2 Å². The molecule has 5 rings (SSSR count). The van der Waals surface area contributed by atoms with Crippen molar-refractivity contribution in [3.8, 4) is 0 Å². The second-order valence-electron chi connectivity index (χ2n) is 9.03. The van der Waals surface area contributed by atoms with Crippen LogP contribution in [0.2, 0.25) is 0 Å². The Bertz CT molecular complexity index is 1120. The van der Waals surface area contributed by atoms with Crippen molar-refractivity contribution < 1.29 is 23.8 Å². The van der Waals surface area contributed by atoms with Gasteiger partial charge in [-0.3, -0.25) is 0 Å². The molecule has 0 saturated carbocycles. The number of hydrogen-bond acceptors (Lipinski definition) is 5. The maximum atomic E-state index is 13.0. The molecule has 5 atom stereocenters. The Morgan fingerprint density at radius 1 is 1.19 bits per heavy atom. The Morgan fingerprint density at radius 2 is 1.97 bits per heavy atom. The van der Waals surface area contributed by atoms with Crippen molar-refractivity contribution in [2.24, 2.45) is 5.92 Å². The molecule has 160 valence electrons. The first-order valence-corrected chi connectivity index (χ1v) is 10.8. The van der Waals surface area contributed by atoms with E-state index in [-0.39, 0.29) is 35.7 Å². The predicted molar refractivity (Wildman–Crippen MR) is 117 cm³/mol. The third kappa shape index (κ3) is 3.57. The summed E-state index contributed by atoms with van der Waals surface area (Å²) in [6.07, 6.45) is 3.24. The van der Waals surface area contributed by atoms with Gasteiger partial charge in [0.05, 0.1) is 11.2 Å².